The molecule has 4 heteroatoms. The fourth-order valence-corrected chi connectivity index (χ4v) is 3.33. The van der Waals surface area contributed by atoms with Gasteiger partial charge in [0.05, 0.1) is 21.6 Å². The van der Waals surface area contributed by atoms with Gasteiger partial charge < -0.3 is 10.3 Å². The number of aromatic nitrogens is 2. The van der Waals surface area contributed by atoms with Crippen LogP contribution in [-0.4, -0.2) is 9.55 Å². The van der Waals surface area contributed by atoms with Crippen molar-refractivity contribution in [1.29, 1.82) is 0 Å². The zero-order valence-electron chi connectivity index (χ0n) is 10.6. The predicted molar refractivity (Wildman–Crippen MR) is 74.8 cm³/mol. The van der Waals surface area contributed by atoms with Gasteiger partial charge in [-0.1, -0.05) is 30.5 Å². The summed E-state index contributed by atoms with van der Waals surface area (Å²) < 4.78 is 2.18. The molecular weight excluding hydrogens is 246 g/mol. The van der Waals surface area contributed by atoms with Crippen molar-refractivity contribution in [3.63, 3.8) is 0 Å². The molecule has 0 radical (unpaired) electrons. The first kappa shape index (κ1) is 12.0. The van der Waals surface area contributed by atoms with Crippen LogP contribution in [0.1, 0.15) is 38.4 Å². The molecule has 96 valence electrons. The molecule has 1 aromatic heterocycles. The van der Waals surface area contributed by atoms with Crippen LogP contribution >= 0.6 is 11.6 Å². The summed E-state index contributed by atoms with van der Waals surface area (Å²) in [5.41, 5.74) is 8.26. The Bertz CT molecular complexity index is 582. The maximum absolute atomic E-state index is 6.54. The SMILES string of the molecule is CCn1c(C2(N)CCCC2)nc2cccc(Cl)c21. The molecule has 2 N–H and O–H groups in total. The van der Waals surface area contributed by atoms with Gasteiger partial charge >= 0.3 is 0 Å². The van der Waals surface area contributed by atoms with Gasteiger partial charge in [0.15, 0.2) is 0 Å². The largest absolute Gasteiger partial charge is 0.325 e. The van der Waals surface area contributed by atoms with E-state index >= 15 is 0 Å². The van der Waals surface area contributed by atoms with E-state index in [-0.39, 0.29) is 5.54 Å². The van der Waals surface area contributed by atoms with Crippen LogP contribution in [0.3, 0.4) is 0 Å². The number of aryl methyl sites for hydroxylation is 1. The highest BCUT2D eigenvalue weighted by atomic mass is 35.5. The van der Waals surface area contributed by atoms with Crippen molar-refractivity contribution in [3.05, 3.63) is 29.0 Å². The summed E-state index contributed by atoms with van der Waals surface area (Å²) in [6, 6.07) is 5.87. The van der Waals surface area contributed by atoms with Crippen LogP contribution < -0.4 is 5.73 Å². The Morgan fingerprint density at radius 1 is 1.39 bits per heavy atom. The number of hydrogen-bond acceptors (Lipinski definition) is 2. The minimum Gasteiger partial charge on any atom is -0.325 e. The summed E-state index contributed by atoms with van der Waals surface area (Å²) in [7, 11) is 0. The molecule has 0 atom stereocenters. The third kappa shape index (κ3) is 1.65. The minimum atomic E-state index is -0.266. The zero-order valence-corrected chi connectivity index (χ0v) is 11.4. The number of rotatable bonds is 2. The van der Waals surface area contributed by atoms with Gasteiger partial charge in [0.25, 0.3) is 0 Å². The van der Waals surface area contributed by atoms with Gasteiger partial charge in [-0.05, 0) is 31.9 Å². The van der Waals surface area contributed by atoms with Crippen LogP contribution in [0, 0.1) is 0 Å². The molecule has 18 heavy (non-hydrogen) atoms. The number of nitrogens with zero attached hydrogens (tertiary/aromatic N) is 2. The molecule has 1 saturated carbocycles. The Balaban J connectivity index is 2.26. The van der Waals surface area contributed by atoms with Crippen molar-refractivity contribution in [2.24, 2.45) is 5.73 Å². The number of para-hydroxylation sites is 1. The lowest BCUT2D eigenvalue weighted by Gasteiger charge is -2.23. The fourth-order valence-electron chi connectivity index (χ4n) is 3.06. The number of fused-ring (bicyclic) bond motifs is 1. The number of halogens is 1. The number of imidazole rings is 1. The minimum absolute atomic E-state index is 0.266. The van der Waals surface area contributed by atoms with Gasteiger partial charge in [0.1, 0.15) is 5.82 Å². The van der Waals surface area contributed by atoms with E-state index in [0.29, 0.717) is 0 Å². The van der Waals surface area contributed by atoms with Crippen molar-refractivity contribution in [3.8, 4) is 0 Å². The Labute approximate surface area is 112 Å². The molecule has 0 amide bonds. The molecule has 0 saturated heterocycles. The van der Waals surface area contributed by atoms with E-state index < -0.39 is 0 Å². The summed E-state index contributed by atoms with van der Waals surface area (Å²) in [4.78, 5) is 4.75. The van der Waals surface area contributed by atoms with E-state index in [4.69, 9.17) is 22.3 Å². The molecule has 0 bridgehead atoms. The molecular formula is C14H18ClN3. The van der Waals surface area contributed by atoms with E-state index in [0.717, 1.165) is 41.3 Å². The van der Waals surface area contributed by atoms with Gasteiger partial charge in [0.2, 0.25) is 0 Å². The van der Waals surface area contributed by atoms with E-state index in [1.807, 2.05) is 18.2 Å². The predicted octanol–water partition coefficient (Wildman–Crippen LogP) is 3.44. The maximum atomic E-state index is 6.54. The quantitative estimate of drug-likeness (QED) is 0.902. The van der Waals surface area contributed by atoms with Gasteiger partial charge in [-0.2, -0.15) is 0 Å². The molecule has 0 unspecified atom stereocenters. The van der Waals surface area contributed by atoms with E-state index in [2.05, 4.69) is 11.5 Å². The summed E-state index contributed by atoms with van der Waals surface area (Å²) in [6.45, 7) is 2.97. The lowest BCUT2D eigenvalue weighted by Crippen LogP contribution is -2.36. The van der Waals surface area contributed by atoms with E-state index in [1.54, 1.807) is 0 Å². The van der Waals surface area contributed by atoms with E-state index in [9.17, 15) is 0 Å². The van der Waals surface area contributed by atoms with Crippen LogP contribution in [0.2, 0.25) is 5.02 Å². The highest BCUT2D eigenvalue weighted by Gasteiger charge is 2.36. The monoisotopic (exact) mass is 263 g/mol. The molecule has 1 heterocycles. The molecule has 0 spiro atoms. The van der Waals surface area contributed by atoms with Crippen LogP contribution in [0.15, 0.2) is 18.2 Å². The third-order valence-electron chi connectivity index (χ3n) is 3.97. The van der Waals surface area contributed by atoms with Crippen LogP contribution in [-0.2, 0) is 12.1 Å². The average Bonchev–Trinajstić information content (AvgIpc) is 2.94. The lowest BCUT2D eigenvalue weighted by atomic mass is 9.98. The van der Waals surface area contributed by atoms with Crippen molar-refractivity contribution in [2.45, 2.75) is 44.7 Å². The zero-order chi connectivity index (χ0) is 12.8. The number of benzene rings is 1. The van der Waals surface area contributed by atoms with Crippen molar-refractivity contribution in [2.75, 3.05) is 0 Å². The summed E-state index contributed by atoms with van der Waals surface area (Å²) in [6.07, 6.45) is 4.43. The topological polar surface area (TPSA) is 43.8 Å². The first-order valence-corrected chi connectivity index (χ1v) is 6.97. The van der Waals surface area contributed by atoms with Gasteiger partial charge in [-0.15, -0.1) is 0 Å². The maximum Gasteiger partial charge on any atom is 0.130 e. The molecule has 0 aliphatic heterocycles. The van der Waals surface area contributed by atoms with Crippen molar-refractivity contribution in [1.82, 2.24) is 9.55 Å². The second-order valence-electron chi connectivity index (χ2n) is 5.15. The second-order valence-corrected chi connectivity index (χ2v) is 5.56. The molecule has 3 nitrogen and oxygen atoms in total. The van der Waals surface area contributed by atoms with Crippen LogP contribution in [0.4, 0.5) is 0 Å². The first-order valence-electron chi connectivity index (χ1n) is 6.60. The summed E-state index contributed by atoms with van der Waals surface area (Å²) in [5, 5.41) is 0.759. The average molecular weight is 264 g/mol. The Kier molecular flexibility index (Phi) is 2.83. The smallest absolute Gasteiger partial charge is 0.130 e. The molecule has 2 aromatic rings. The van der Waals surface area contributed by atoms with E-state index in [1.165, 1.54) is 12.8 Å². The van der Waals surface area contributed by atoms with Gasteiger partial charge in [0, 0.05) is 6.54 Å². The standard InChI is InChI=1S/C14H18ClN3/c1-2-18-12-10(15)6-5-7-11(12)17-13(18)14(16)8-3-4-9-14/h5-7H,2-4,8-9,16H2,1H3. The van der Waals surface area contributed by atoms with Crippen molar-refractivity contribution >= 4 is 22.6 Å². The van der Waals surface area contributed by atoms with Crippen LogP contribution in [0.25, 0.3) is 11.0 Å². The van der Waals surface area contributed by atoms with Gasteiger partial charge in [-0.3, -0.25) is 0 Å². The third-order valence-corrected chi connectivity index (χ3v) is 4.28. The lowest BCUT2D eigenvalue weighted by molar-refractivity contribution is 0.413. The normalized spacial score (nSPS) is 18.6. The Morgan fingerprint density at radius 3 is 2.78 bits per heavy atom. The molecule has 1 fully saturated rings. The Morgan fingerprint density at radius 2 is 2.11 bits per heavy atom. The molecule has 3 rings (SSSR count). The first-order chi connectivity index (χ1) is 8.65. The summed E-state index contributed by atoms with van der Waals surface area (Å²) in [5.74, 6) is 1.01. The molecule has 1 aromatic carbocycles. The fraction of sp³-hybridized carbons (Fsp3) is 0.500. The number of nitrogens with two attached hydrogens (primary N) is 1. The summed E-state index contributed by atoms with van der Waals surface area (Å²) >= 11 is 6.30. The number of hydrogen-bond donors (Lipinski definition) is 1. The van der Waals surface area contributed by atoms with Crippen LogP contribution in [0.5, 0.6) is 0 Å². The molecule has 1 aliphatic rings. The highest BCUT2D eigenvalue weighted by molar-refractivity contribution is 6.35. The Hall–Kier alpha value is -1.06. The second kappa shape index (κ2) is 4.25. The molecule has 1 aliphatic carbocycles. The van der Waals surface area contributed by atoms with Gasteiger partial charge in [-0.25, -0.2) is 4.98 Å². The van der Waals surface area contributed by atoms with Crippen molar-refractivity contribution < 1.29 is 0 Å². The highest BCUT2D eigenvalue weighted by Crippen LogP contribution is 2.38.